The van der Waals surface area contributed by atoms with Crippen molar-refractivity contribution in [2.24, 2.45) is 0 Å². The minimum atomic E-state index is 0.0582. The van der Waals surface area contributed by atoms with Crippen molar-refractivity contribution in [2.45, 2.75) is 31.8 Å². The van der Waals surface area contributed by atoms with E-state index < -0.39 is 0 Å². The van der Waals surface area contributed by atoms with Crippen LogP contribution in [0.5, 0.6) is 0 Å². The van der Waals surface area contributed by atoms with E-state index in [0.29, 0.717) is 22.5 Å². The van der Waals surface area contributed by atoms with Gasteiger partial charge < -0.3 is 9.88 Å². The molecule has 1 unspecified atom stereocenters. The Hall–Kier alpha value is -1.67. The Morgan fingerprint density at radius 1 is 1.43 bits per heavy atom. The zero-order valence-corrected chi connectivity index (χ0v) is 17.7. The lowest BCUT2D eigenvalue weighted by Gasteiger charge is -2.26. The molecule has 1 aliphatic heterocycles. The summed E-state index contributed by atoms with van der Waals surface area (Å²) in [5.41, 5.74) is 4.47. The second-order valence-electron chi connectivity index (χ2n) is 6.80. The van der Waals surface area contributed by atoms with Crippen molar-refractivity contribution < 1.29 is 4.79 Å². The minimum Gasteiger partial charge on any atom is -0.359 e. The summed E-state index contributed by atoms with van der Waals surface area (Å²) in [5.74, 6) is 0.797. The molecule has 0 saturated carbocycles. The fourth-order valence-corrected chi connectivity index (χ4v) is 5.02. The van der Waals surface area contributed by atoms with Crippen molar-refractivity contribution in [2.75, 3.05) is 12.8 Å². The Bertz CT molecular complexity index is 1000. The van der Waals surface area contributed by atoms with Gasteiger partial charge >= 0.3 is 0 Å². The van der Waals surface area contributed by atoms with Crippen molar-refractivity contribution in [3.63, 3.8) is 0 Å². The van der Waals surface area contributed by atoms with Crippen LogP contribution in [0.3, 0.4) is 0 Å². The fourth-order valence-electron chi connectivity index (χ4n) is 3.77. The Morgan fingerprint density at radius 3 is 3.04 bits per heavy atom. The maximum absolute atomic E-state index is 11.4. The molecule has 9 heteroatoms. The van der Waals surface area contributed by atoms with Crippen LogP contribution in [-0.4, -0.2) is 39.5 Å². The van der Waals surface area contributed by atoms with Crippen molar-refractivity contribution >= 4 is 52.0 Å². The van der Waals surface area contributed by atoms with E-state index in [1.807, 2.05) is 24.5 Å². The number of H-pyrrole nitrogens is 1. The van der Waals surface area contributed by atoms with E-state index in [1.54, 1.807) is 19.0 Å². The van der Waals surface area contributed by atoms with Gasteiger partial charge in [0.05, 0.1) is 21.8 Å². The molecule has 0 radical (unpaired) electrons. The van der Waals surface area contributed by atoms with Crippen molar-refractivity contribution in [3.05, 3.63) is 40.3 Å². The van der Waals surface area contributed by atoms with E-state index in [4.69, 9.17) is 23.2 Å². The van der Waals surface area contributed by atoms with Crippen molar-refractivity contribution in [3.8, 4) is 11.1 Å². The first-order chi connectivity index (χ1) is 13.6. The second-order valence-corrected chi connectivity index (χ2v) is 8.52. The second kappa shape index (κ2) is 8.37. The SMILES string of the molecule is CNC(=O)CCSNC1CCc2c(-c3cn[nH]c3)c3ccc(Cl)c(Cl)c3n2C1. The molecule has 148 valence electrons. The molecule has 1 aromatic carbocycles. The Morgan fingerprint density at radius 2 is 2.29 bits per heavy atom. The van der Waals surface area contributed by atoms with E-state index in [2.05, 4.69) is 24.8 Å². The largest absolute Gasteiger partial charge is 0.359 e. The first-order valence-electron chi connectivity index (χ1n) is 9.16. The number of nitrogens with one attached hydrogen (secondary N) is 3. The van der Waals surface area contributed by atoms with Crippen LogP contribution in [0.1, 0.15) is 18.5 Å². The number of amides is 1. The molecule has 0 bridgehead atoms. The van der Waals surface area contributed by atoms with Gasteiger partial charge in [0.15, 0.2) is 0 Å². The van der Waals surface area contributed by atoms with Crippen LogP contribution < -0.4 is 10.0 Å². The van der Waals surface area contributed by atoms with Crippen LogP contribution in [0.25, 0.3) is 22.0 Å². The zero-order chi connectivity index (χ0) is 19.7. The van der Waals surface area contributed by atoms with E-state index >= 15 is 0 Å². The number of carbonyl (C=O) groups is 1. The molecule has 0 saturated heterocycles. The van der Waals surface area contributed by atoms with Gasteiger partial charge in [-0.15, -0.1) is 0 Å². The Kier molecular flexibility index (Phi) is 5.87. The summed E-state index contributed by atoms with van der Waals surface area (Å²) in [7, 11) is 1.66. The van der Waals surface area contributed by atoms with Gasteiger partial charge in [0.25, 0.3) is 0 Å². The highest BCUT2D eigenvalue weighted by molar-refractivity contribution is 7.97. The van der Waals surface area contributed by atoms with Crippen molar-refractivity contribution in [1.82, 2.24) is 24.8 Å². The number of hydrogen-bond donors (Lipinski definition) is 3. The first-order valence-corrected chi connectivity index (χ1v) is 10.9. The lowest BCUT2D eigenvalue weighted by atomic mass is 9.99. The number of carbonyl (C=O) groups excluding carboxylic acids is 1. The summed E-state index contributed by atoms with van der Waals surface area (Å²) in [6.07, 6.45) is 6.20. The molecule has 3 heterocycles. The third-order valence-electron chi connectivity index (χ3n) is 5.10. The summed E-state index contributed by atoms with van der Waals surface area (Å²) in [6.45, 7) is 0.802. The lowest BCUT2D eigenvalue weighted by molar-refractivity contribution is -0.120. The predicted octanol–water partition coefficient (Wildman–Crippen LogP) is 4.03. The molecule has 0 fully saturated rings. The van der Waals surface area contributed by atoms with Gasteiger partial charge in [-0.3, -0.25) is 14.6 Å². The Balaban J connectivity index is 1.63. The van der Waals surface area contributed by atoms with E-state index in [1.165, 1.54) is 11.3 Å². The third-order valence-corrected chi connectivity index (χ3v) is 6.80. The molecule has 1 amide bonds. The van der Waals surface area contributed by atoms with E-state index in [0.717, 1.165) is 41.6 Å². The molecule has 4 rings (SSSR count). The minimum absolute atomic E-state index is 0.0582. The summed E-state index contributed by atoms with van der Waals surface area (Å²) in [6, 6.07) is 4.19. The molecule has 3 aromatic rings. The number of hydrogen-bond acceptors (Lipinski definition) is 4. The summed E-state index contributed by atoms with van der Waals surface area (Å²) in [4.78, 5) is 11.4. The highest BCUT2D eigenvalue weighted by atomic mass is 35.5. The molecule has 3 N–H and O–H groups in total. The van der Waals surface area contributed by atoms with Crippen LogP contribution >= 0.6 is 35.1 Å². The lowest BCUT2D eigenvalue weighted by Crippen LogP contribution is -2.34. The standard InChI is InChI=1S/C19H21Cl2N5OS/c1-22-16(27)6-7-28-25-12-2-5-15-17(11-8-23-24-9-11)13-3-4-14(20)18(21)19(13)26(15)10-12/h3-4,8-9,12,25H,2,5-7,10H2,1H3,(H,22,27)(H,23,24). The average Bonchev–Trinajstić information content (AvgIpc) is 3.33. The maximum Gasteiger partial charge on any atom is 0.220 e. The van der Waals surface area contributed by atoms with Gasteiger partial charge in [0.1, 0.15) is 0 Å². The van der Waals surface area contributed by atoms with Crippen LogP contribution in [0.4, 0.5) is 0 Å². The summed E-state index contributed by atoms with van der Waals surface area (Å²) >= 11 is 14.5. The smallest absolute Gasteiger partial charge is 0.220 e. The van der Waals surface area contributed by atoms with Crippen LogP contribution in [0.2, 0.25) is 10.0 Å². The topological polar surface area (TPSA) is 74.7 Å². The number of rotatable bonds is 6. The van der Waals surface area contributed by atoms with Crippen molar-refractivity contribution in [1.29, 1.82) is 0 Å². The third kappa shape index (κ3) is 3.64. The van der Waals surface area contributed by atoms with Crippen LogP contribution in [0.15, 0.2) is 24.5 Å². The number of aromatic nitrogens is 3. The molecule has 6 nitrogen and oxygen atoms in total. The number of benzene rings is 1. The monoisotopic (exact) mass is 437 g/mol. The quantitative estimate of drug-likeness (QED) is 0.401. The van der Waals surface area contributed by atoms with Gasteiger partial charge in [0, 0.05) is 60.2 Å². The summed E-state index contributed by atoms with van der Waals surface area (Å²) < 4.78 is 5.79. The first kappa shape index (κ1) is 19.6. The molecular formula is C19H21Cl2N5OS. The van der Waals surface area contributed by atoms with Gasteiger partial charge in [-0.1, -0.05) is 41.2 Å². The molecule has 28 heavy (non-hydrogen) atoms. The van der Waals surface area contributed by atoms with E-state index in [9.17, 15) is 4.79 Å². The molecule has 2 aromatic heterocycles. The van der Waals surface area contributed by atoms with Crippen LogP contribution in [0, 0.1) is 0 Å². The number of nitrogens with zero attached hydrogens (tertiary/aromatic N) is 2. The van der Waals surface area contributed by atoms with Gasteiger partial charge in [0.2, 0.25) is 5.91 Å². The Labute approximate surface area is 177 Å². The molecular weight excluding hydrogens is 417 g/mol. The number of fused-ring (bicyclic) bond motifs is 3. The fraction of sp³-hybridized carbons (Fsp3) is 0.368. The van der Waals surface area contributed by atoms with Gasteiger partial charge in [-0.2, -0.15) is 5.10 Å². The predicted molar refractivity (Wildman–Crippen MR) is 116 cm³/mol. The molecule has 0 spiro atoms. The van der Waals surface area contributed by atoms with Gasteiger partial charge in [-0.05, 0) is 18.9 Å². The molecule has 1 aliphatic rings. The summed E-state index contributed by atoms with van der Waals surface area (Å²) in [5, 5.41) is 11.9. The molecule has 1 atom stereocenters. The van der Waals surface area contributed by atoms with E-state index in [-0.39, 0.29) is 5.91 Å². The van der Waals surface area contributed by atoms with Crippen LogP contribution in [-0.2, 0) is 17.8 Å². The normalized spacial score (nSPS) is 16.3. The average molecular weight is 438 g/mol. The zero-order valence-electron chi connectivity index (χ0n) is 15.4. The highest BCUT2D eigenvalue weighted by Gasteiger charge is 2.27. The number of halogens is 2. The van der Waals surface area contributed by atoms with Gasteiger partial charge in [-0.25, -0.2) is 0 Å². The molecule has 0 aliphatic carbocycles. The number of aromatic amines is 1. The highest BCUT2D eigenvalue weighted by Crippen LogP contribution is 2.42. The maximum atomic E-state index is 11.4.